The molecule has 0 radical (unpaired) electrons. The maximum atomic E-state index is 5.83. The monoisotopic (exact) mass is 279 g/mol. The minimum atomic E-state index is 0.426. The van der Waals surface area contributed by atoms with E-state index in [0.29, 0.717) is 6.04 Å². The van der Waals surface area contributed by atoms with Crippen molar-refractivity contribution in [3.63, 3.8) is 0 Å². The molecular formula is C17H29NO2. The standard InChI is InChI=1S/C17H29NO2/c1-5-8-18-16(11-15-6-9-19-10-7-15)17-12(2)13(3)20-14(17)4/h15-16,18H,5-11H2,1-4H3. The van der Waals surface area contributed by atoms with Gasteiger partial charge in [0.25, 0.3) is 0 Å². The van der Waals surface area contributed by atoms with Gasteiger partial charge in [-0.05, 0) is 64.5 Å². The third-order valence-electron chi connectivity index (χ3n) is 4.52. The van der Waals surface area contributed by atoms with Crippen molar-refractivity contribution in [2.45, 2.75) is 59.4 Å². The van der Waals surface area contributed by atoms with Gasteiger partial charge in [0.2, 0.25) is 0 Å². The minimum absolute atomic E-state index is 0.426. The highest BCUT2D eigenvalue weighted by Crippen LogP contribution is 2.33. The summed E-state index contributed by atoms with van der Waals surface area (Å²) < 4.78 is 11.3. The molecule has 1 fully saturated rings. The van der Waals surface area contributed by atoms with Gasteiger partial charge in [0.1, 0.15) is 11.5 Å². The number of hydrogen-bond donors (Lipinski definition) is 1. The highest BCUT2D eigenvalue weighted by atomic mass is 16.5. The van der Waals surface area contributed by atoms with E-state index in [-0.39, 0.29) is 0 Å². The maximum Gasteiger partial charge on any atom is 0.106 e. The lowest BCUT2D eigenvalue weighted by atomic mass is 9.88. The first-order valence-corrected chi connectivity index (χ1v) is 8.01. The van der Waals surface area contributed by atoms with Crippen LogP contribution in [0.15, 0.2) is 4.42 Å². The number of rotatable bonds is 6. The summed E-state index contributed by atoms with van der Waals surface area (Å²) in [6.45, 7) is 11.5. The van der Waals surface area contributed by atoms with Crippen molar-refractivity contribution in [2.75, 3.05) is 19.8 Å². The Morgan fingerprint density at radius 1 is 1.15 bits per heavy atom. The van der Waals surface area contributed by atoms with Gasteiger partial charge < -0.3 is 14.5 Å². The molecule has 3 heteroatoms. The molecule has 1 aliphatic heterocycles. The third-order valence-corrected chi connectivity index (χ3v) is 4.52. The molecule has 20 heavy (non-hydrogen) atoms. The highest BCUT2D eigenvalue weighted by Gasteiger charge is 2.25. The Morgan fingerprint density at radius 2 is 1.85 bits per heavy atom. The summed E-state index contributed by atoms with van der Waals surface area (Å²) in [7, 11) is 0. The average Bonchev–Trinajstić information content (AvgIpc) is 2.70. The van der Waals surface area contributed by atoms with E-state index in [2.05, 4.69) is 33.0 Å². The van der Waals surface area contributed by atoms with Crippen LogP contribution in [0.2, 0.25) is 0 Å². The first-order valence-electron chi connectivity index (χ1n) is 8.01. The van der Waals surface area contributed by atoms with Crippen LogP contribution in [0.5, 0.6) is 0 Å². The molecule has 1 aliphatic rings. The van der Waals surface area contributed by atoms with Gasteiger partial charge in [-0.2, -0.15) is 0 Å². The van der Waals surface area contributed by atoms with Gasteiger partial charge in [-0.25, -0.2) is 0 Å². The van der Waals surface area contributed by atoms with Crippen LogP contribution in [0, 0.1) is 26.7 Å². The van der Waals surface area contributed by atoms with Crippen LogP contribution in [0.3, 0.4) is 0 Å². The number of aryl methyl sites for hydroxylation is 2. The Hall–Kier alpha value is -0.800. The largest absolute Gasteiger partial charge is 0.466 e. The number of nitrogens with one attached hydrogen (secondary N) is 1. The summed E-state index contributed by atoms with van der Waals surface area (Å²) in [6.07, 6.45) is 4.75. The van der Waals surface area contributed by atoms with Crippen LogP contribution < -0.4 is 5.32 Å². The van der Waals surface area contributed by atoms with Crippen LogP contribution in [-0.2, 0) is 4.74 Å². The SMILES string of the molecule is CCCNC(CC1CCOCC1)c1c(C)oc(C)c1C. The van der Waals surface area contributed by atoms with Crippen molar-refractivity contribution >= 4 is 0 Å². The Bertz CT molecular complexity index is 419. The molecule has 3 nitrogen and oxygen atoms in total. The van der Waals surface area contributed by atoms with Crippen molar-refractivity contribution in [1.82, 2.24) is 5.32 Å². The van der Waals surface area contributed by atoms with Gasteiger partial charge in [-0.15, -0.1) is 0 Å². The Morgan fingerprint density at radius 3 is 2.40 bits per heavy atom. The molecule has 0 amide bonds. The van der Waals surface area contributed by atoms with Crippen LogP contribution >= 0.6 is 0 Å². The minimum Gasteiger partial charge on any atom is -0.466 e. The molecule has 1 aromatic rings. The Balaban J connectivity index is 2.13. The molecule has 1 atom stereocenters. The lowest BCUT2D eigenvalue weighted by molar-refractivity contribution is 0.0604. The zero-order valence-corrected chi connectivity index (χ0v) is 13.4. The van der Waals surface area contributed by atoms with E-state index in [1.165, 1.54) is 36.8 Å². The zero-order valence-electron chi connectivity index (χ0n) is 13.4. The first-order chi connectivity index (χ1) is 9.63. The molecule has 0 aromatic carbocycles. The van der Waals surface area contributed by atoms with Crippen LogP contribution in [0.1, 0.15) is 61.3 Å². The topological polar surface area (TPSA) is 34.4 Å². The second-order valence-electron chi connectivity index (χ2n) is 6.05. The van der Waals surface area contributed by atoms with Crippen molar-refractivity contribution in [3.05, 3.63) is 22.6 Å². The normalized spacial score (nSPS) is 18.4. The Kier molecular flexibility index (Phi) is 5.67. The van der Waals surface area contributed by atoms with Gasteiger partial charge in [0.15, 0.2) is 0 Å². The molecule has 2 heterocycles. The van der Waals surface area contributed by atoms with E-state index in [4.69, 9.17) is 9.15 Å². The van der Waals surface area contributed by atoms with E-state index in [1.54, 1.807) is 0 Å². The van der Waals surface area contributed by atoms with Crippen LogP contribution in [0.25, 0.3) is 0 Å². The van der Waals surface area contributed by atoms with Gasteiger partial charge in [-0.3, -0.25) is 0 Å². The fourth-order valence-electron chi connectivity index (χ4n) is 3.26. The van der Waals surface area contributed by atoms with Gasteiger partial charge in [0.05, 0.1) is 0 Å². The third kappa shape index (κ3) is 3.64. The maximum absolute atomic E-state index is 5.83. The summed E-state index contributed by atoms with van der Waals surface area (Å²) >= 11 is 0. The molecule has 0 bridgehead atoms. The van der Waals surface area contributed by atoms with Crippen LogP contribution in [-0.4, -0.2) is 19.8 Å². The molecule has 114 valence electrons. The van der Waals surface area contributed by atoms with E-state index < -0.39 is 0 Å². The van der Waals surface area contributed by atoms with E-state index in [9.17, 15) is 0 Å². The van der Waals surface area contributed by atoms with Crippen molar-refractivity contribution < 1.29 is 9.15 Å². The second-order valence-corrected chi connectivity index (χ2v) is 6.05. The summed E-state index contributed by atoms with van der Waals surface area (Å²) in [5.74, 6) is 2.92. The number of hydrogen-bond acceptors (Lipinski definition) is 3. The van der Waals surface area contributed by atoms with E-state index in [1.807, 2.05) is 0 Å². The number of ether oxygens (including phenoxy) is 1. The van der Waals surface area contributed by atoms with E-state index in [0.717, 1.165) is 37.2 Å². The Labute approximate surface area is 123 Å². The van der Waals surface area contributed by atoms with E-state index >= 15 is 0 Å². The smallest absolute Gasteiger partial charge is 0.106 e. The number of furan rings is 1. The first kappa shape index (κ1) is 15.6. The average molecular weight is 279 g/mol. The highest BCUT2D eigenvalue weighted by molar-refractivity contribution is 5.34. The molecular weight excluding hydrogens is 250 g/mol. The lowest BCUT2D eigenvalue weighted by Crippen LogP contribution is -2.27. The van der Waals surface area contributed by atoms with Gasteiger partial charge in [0, 0.05) is 24.8 Å². The summed E-state index contributed by atoms with van der Waals surface area (Å²) in [5.41, 5.74) is 2.71. The summed E-state index contributed by atoms with van der Waals surface area (Å²) in [5, 5.41) is 3.73. The van der Waals surface area contributed by atoms with Crippen molar-refractivity contribution in [3.8, 4) is 0 Å². The second kappa shape index (κ2) is 7.28. The van der Waals surface area contributed by atoms with Gasteiger partial charge in [-0.1, -0.05) is 6.92 Å². The van der Waals surface area contributed by atoms with Crippen molar-refractivity contribution in [1.29, 1.82) is 0 Å². The fraction of sp³-hybridized carbons (Fsp3) is 0.765. The summed E-state index contributed by atoms with van der Waals surface area (Å²) in [6, 6.07) is 0.426. The predicted octanol–water partition coefficient (Wildman–Crippen LogP) is 4.06. The molecule has 2 rings (SSSR count). The molecule has 1 saturated heterocycles. The molecule has 1 aromatic heterocycles. The molecule has 0 aliphatic carbocycles. The quantitative estimate of drug-likeness (QED) is 0.852. The predicted molar refractivity (Wildman–Crippen MR) is 82.1 cm³/mol. The molecule has 0 spiro atoms. The molecule has 0 saturated carbocycles. The lowest BCUT2D eigenvalue weighted by Gasteiger charge is -2.27. The molecule has 1 N–H and O–H groups in total. The van der Waals surface area contributed by atoms with Crippen LogP contribution in [0.4, 0.5) is 0 Å². The zero-order chi connectivity index (χ0) is 14.5. The van der Waals surface area contributed by atoms with Gasteiger partial charge >= 0.3 is 0 Å². The van der Waals surface area contributed by atoms with Crippen molar-refractivity contribution in [2.24, 2.45) is 5.92 Å². The summed E-state index contributed by atoms with van der Waals surface area (Å²) in [4.78, 5) is 0. The fourth-order valence-corrected chi connectivity index (χ4v) is 3.26. The molecule has 1 unspecified atom stereocenters.